The topological polar surface area (TPSA) is 38.8 Å². The average molecular weight is 353 g/mol. The molecule has 0 N–H and O–H groups in total. The Bertz CT molecular complexity index is 694. The van der Waals surface area contributed by atoms with Crippen LogP contribution in [-0.4, -0.2) is 51.3 Å². The van der Waals surface area contributed by atoms with Crippen LogP contribution >= 0.6 is 0 Å². The summed E-state index contributed by atoms with van der Waals surface area (Å²) in [5.41, 5.74) is 4.59. The standard InChI is InChI=1S/C22H27NO3/c1-23(2)13-14-25-15-16-26-22(24)21-19-9-5-3-7-17(19)11-12-18-8-4-6-10-20(18)21/h3-10,21H,11-16H2,1-2H3. The molecule has 138 valence electrons. The second-order valence-corrected chi connectivity index (χ2v) is 6.91. The van der Waals surface area contributed by atoms with Gasteiger partial charge in [0.15, 0.2) is 0 Å². The van der Waals surface area contributed by atoms with Crippen molar-refractivity contribution in [1.82, 2.24) is 4.90 Å². The number of nitrogens with zero attached hydrogens (tertiary/aromatic N) is 1. The Labute approximate surface area is 155 Å². The molecule has 0 heterocycles. The minimum atomic E-state index is -0.355. The van der Waals surface area contributed by atoms with Gasteiger partial charge in [-0.1, -0.05) is 48.5 Å². The second kappa shape index (κ2) is 8.97. The molecule has 2 aromatic carbocycles. The third-order valence-electron chi connectivity index (χ3n) is 4.79. The van der Waals surface area contributed by atoms with Gasteiger partial charge >= 0.3 is 5.97 Å². The smallest absolute Gasteiger partial charge is 0.318 e. The molecule has 0 bridgehead atoms. The maximum atomic E-state index is 12.9. The Morgan fingerprint density at radius 2 is 1.50 bits per heavy atom. The fraction of sp³-hybridized carbons (Fsp3) is 0.409. The van der Waals surface area contributed by atoms with Crippen LogP contribution in [0.1, 0.15) is 28.2 Å². The minimum Gasteiger partial charge on any atom is -0.463 e. The van der Waals surface area contributed by atoms with Gasteiger partial charge in [0, 0.05) is 6.54 Å². The van der Waals surface area contributed by atoms with E-state index in [0.29, 0.717) is 13.2 Å². The Balaban J connectivity index is 1.70. The monoisotopic (exact) mass is 353 g/mol. The first kappa shape index (κ1) is 18.6. The highest BCUT2D eigenvalue weighted by atomic mass is 16.6. The quantitative estimate of drug-likeness (QED) is 0.567. The third-order valence-corrected chi connectivity index (χ3v) is 4.79. The lowest BCUT2D eigenvalue weighted by molar-refractivity contribution is -0.146. The van der Waals surface area contributed by atoms with E-state index in [1.807, 2.05) is 38.4 Å². The number of likely N-dealkylation sites (N-methyl/N-ethyl adjacent to an activating group) is 1. The lowest BCUT2D eigenvalue weighted by Gasteiger charge is -2.19. The molecule has 0 aromatic heterocycles. The molecule has 0 saturated heterocycles. The molecule has 1 aliphatic carbocycles. The van der Waals surface area contributed by atoms with Gasteiger partial charge in [0.2, 0.25) is 0 Å². The van der Waals surface area contributed by atoms with Crippen molar-refractivity contribution in [3.63, 3.8) is 0 Å². The summed E-state index contributed by atoms with van der Waals surface area (Å²) in [6.07, 6.45) is 1.90. The van der Waals surface area contributed by atoms with E-state index >= 15 is 0 Å². The van der Waals surface area contributed by atoms with Crippen LogP contribution in [0.2, 0.25) is 0 Å². The Kier molecular flexibility index (Phi) is 6.42. The van der Waals surface area contributed by atoms with Crippen LogP contribution in [0.3, 0.4) is 0 Å². The number of carbonyl (C=O) groups is 1. The van der Waals surface area contributed by atoms with Crippen molar-refractivity contribution < 1.29 is 14.3 Å². The molecule has 0 aliphatic heterocycles. The third kappa shape index (κ3) is 4.51. The Morgan fingerprint density at radius 1 is 0.923 bits per heavy atom. The minimum absolute atomic E-state index is 0.192. The summed E-state index contributed by atoms with van der Waals surface area (Å²) in [5.74, 6) is -0.547. The fourth-order valence-electron chi connectivity index (χ4n) is 3.41. The number of rotatable bonds is 7. The van der Waals surface area contributed by atoms with Gasteiger partial charge in [0.05, 0.1) is 13.2 Å². The molecule has 4 heteroatoms. The maximum absolute atomic E-state index is 12.9. The zero-order valence-electron chi connectivity index (χ0n) is 15.6. The molecule has 0 fully saturated rings. The number of aryl methyl sites for hydroxylation is 2. The van der Waals surface area contributed by atoms with Gasteiger partial charge in [0.1, 0.15) is 12.5 Å². The van der Waals surface area contributed by atoms with Crippen LogP contribution in [0.15, 0.2) is 48.5 Å². The van der Waals surface area contributed by atoms with Gasteiger partial charge in [-0.2, -0.15) is 0 Å². The SMILES string of the molecule is CN(C)CCOCCOC(=O)C1c2ccccc2CCc2ccccc21. The van der Waals surface area contributed by atoms with Gasteiger partial charge in [0.25, 0.3) is 0 Å². The van der Waals surface area contributed by atoms with Crippen molar-refractivity contribution in [1.29, 1.82) is 0 Å². The van der Waals surface area contributed by atoms with Gasteiger partial charge in [-0.25, -0.2) is 0 Å². The van der Waals surface area contributed by atoms with Crippen molar-refractivity contribution in [3.8, 4) is 0 Å². The van der Waals surface area contributed by atoms with Crippen LogP contribution in [0.4, 0.5) is 0 Å². The molecule has 3 rings (SSSR count). The van der Waals surface area contributed by atoms with E-state index in [1.165, 1.54) is 11.1 Å². The molecule has 2 aromatic rings. The molecule has 0 radical (unpaired) electrons. The normalized spacial score (nSPS) is 13.8. The highest BCUT2D eigenvalue weighted by Crippen LogP contribution is 2.35. The fourth-order valence-corrected chi connectivity index (χ4v) is 3.41. The zero-order chi connectivity index (χ0) is 18.4. The van der Waals surface area contributed by atoms with Crippen LogP contribution in [0.5, 0.6) is 0 Å². The molecule has 0 saturated carbocycles. The molecule has 0 amide bonds. The molecule has 26 heavy (non-hydrogen) atoms. The summed E-state index contributed by atoms with van der Waals surface area (Å²) in [4.78, 5) is 15.0. The largest absolute Gasteiger partial charge is 0.463 e. The first-order valence-corrected chi connectivity index (χ1v) is 9.21. The van der Waals surface area contributed by atoms with E-state index in [4.69, 9.17) is 9.47 Å². The molecule has 0 spiro atoms. The molecule has 0 atom stereocenters. The highest BCUT2D eigenvalue weighted by Gasteiger charge is 2.30. The van der Waals surface area contributed by atoms with Crippen molar-refractivity contribution in [2.24, 2.45) is 0 Å². The summed E-state index contributed by atoms with van der Waals surface area (Å²) < 4.78 is 11.1. The number of hydrogen-bond acceptors (Lipinski definition) is 4. The van der Waals surface area contributed by atoms with Gasteiger partial charge in [-0.3, -0.25) is 4.79 Å². The van der Waals surface area contributed by atoms with Crippen LogP contribution < -0.4 is 0 Å². The first-order valence-electron chi connectivity index (χ1n) is 9.21. The second-order valence-electron chi connectivity index (χ2n) is 6.91. The molecular formula is C22H27NO3. The zero-order valence-corrected chi connectivity index (χ0v) is 15.6. The van der Waals surface area contributed by atoms with Gasteiger partial charge < -0.3 is 14.4 Å². The predicted molar refractivity (Wildman–Crippen MR) is 102 cm³/mol. The molecule has 4 nitrogen and oxygen atoms in total. The summed E-state index contributed by atoms with van der Waals surface area (Å²) in [7, 11) is 4.01. The van der Waals surface area contributed by atoms with Crippen LogP contribution in [0, 0.1) is 0 Å². The van der Waals surface area contributed by atoms with E-state index in [-0.39, 0.29) is 18.5 Å². The summed E-state index contributed by atoms with van der Waals surface area (Å²) in [6.45, 7) is 2.21. The van der Waals surface area contributed by atoms with Crippen LogP contribution in [0.25, 0.3) is 0 Å². The van der Waals surface area contributed by atoms with E-state index in [2.05, 4.69) is 29.2 Å². The molecule has 0 unspecified atom stereocenters. The number of ether oxygens (including phenoxy) is 2. The van der Waals surface area contributed by atoms with E-state index in [0.717, 1.165) is 30.5 Å². The lowest BCUT2D eigenvalue weighted by Crippen LogP contribution is -2.22. The molecular weight excluding hydrogens is 326 g/mol. The van der Waals surface area contributed by atoms with Gasteiger partial charge in [-0.05, 0) is 49.2 Å². The number of hydrogen-bond donors (Lipinski definition) is 0. The van der Waals surface area contributed by atoms with Gasteiger partial charge in [-0.15, -0.1) is 0 Å². The lowest BCUT2D eigenvalue weighted by atomic mass is 9.88. The maximum Gasteiger partial charge on any atom is 0.318 e. The number of esters is 1. The number of fused-ring (bicyclic) bond motifs is 2. The first-order chi connectivity index (χ1) is 12.7. The number of benzene rings is 2. The average Bonchev–Trinajstić information content (AvgIpc) is 2.81. The van der Waals surface area contributed by atoms with Crippen molar-refractivity contribution in [2.45, 2.75) is 18.8 Å². The Hall–Kier alpha value is -2.17. The molecule has 1 aliphatic rings. The van der Waals surface area contributed by atoms with Crippen LogP contribution in [-0.2, 0) is 27.1 Å². The predicted octanol–water partition coefficient (Wildman–Crippen LogP) is 3.04. The number of carbonyl (C=O) groups excluding carboxylic acids is 1. The Morgan fingerprint density at radius 3 is 2.08 bits per heavy atom. The van der Waals surface area contributed by atoms with E-state index < -0.39 is 0 Å². The van der Waals surface area contributed by atoms with E-state index in [1.54, 1.807) is 0 Å². The van der Waals surface area contributed by atoms with Crippen molar-refractivity contribution in [3.05, 3.63) is 70.8 Å². The van der Waals surface area contributed by atoms with E-state index in [9.17, 15) is 4.79 Å². The summed E-state index contributed by atoms with van der Waals surface area (Å²) >= 11 is 0. The summed E-state index contributed by atoms with van der Waals surface area (Å²) in [6, 6.07) is 16.4. The summed E-state index contributed by atoms with van der Waals surface area (Å²) in [5, 5.41) is 0. The highest BCUT2D eigenvalue weighted by molar-refractivity contribution is 5.83. The van der Waals surface area contributed by atoms with Crippen molar-refractivity contribution in [2.75, 3.05) is 40.5 Å². The van der Waals surface area contributed by atoms with Crippen molar-refractivity contribution >= 4 is 5.97 Å².